The van der Waals surface area contributed by atoms with Gasteiger partial charge in [-0.2, -0.15) is 16.8 Å². The molecule has 6 aromatic heterocycles. The van der Waals surface area contributed by atoms with Crippen molar-refractivity contribution in [1.29, 1.82) is 0 Å². The van der Waals surface area contributed by atoms with Crippen LogP contribution >= 0.6 is 0 Å². The minimum atomic E-state index is -4.32. The third kappa shape index (κ3) is 20.1. The summed E-state index contributed by atoms with van der Waals surface area (Å²) in [6.07, 6.45) is 8.15. The number of carbonyl (C=O) groups excluding carboxylic acids is 3. The zero-order valence-corrected chi connectivity index (χ0v) is 69.5. The summed E-state index contributed by atoms with van der Waals surface area (Å²) in [5.41, 5.74) is 13.0. The molecule has 0 radical (unpaired) electrons. The summed E-state index contributed by atoms with van der Waals surface area (Å²) in [5, 5.41) is 3.74. The molecule has 0 spiro atoms. The second-order valence-corrected chi connectivity index (χ2v) is 38.9. The fourth-order valence-electron chi connectivity index (χ4n) is 16.1. The molecule has 8 aromatic rings. The molecule has 6 aliphatic rings. The highest BCUT2D eigenvalue weighted by molar-refractivity contribution is 7.90. The summed E-state index contributed by atoms with van der Waals surface area (Å²) in [5.74, 6) is 0.105. The number of halogens is 3. The molecule has 32 heteroatoms. The van der Waals surface area contributed by atoms with E-state index in [-0.39, 0.29) is 62.6 Å². The first kappa shape index (κ1) is 85.1. The first-order valence-corrected chi connectivity index (χ1v) is 43.1. The minimum Gasteiger partial charge on any atom is -0.493 e. The summed E-state index contributed by atoms with van der Waals surface area (Å²) < 4.78 is 140. The highest BCUT2D eigenvalue weighted by Crippen LogP contribution is 2.43. The van der Waals surface area contributed by atoms with Gasteiger partial charge in [-0.05, 0) is 220 Å². The number of ether oxygens (including phenoxy) is 2. The van der Waals surface area contributed by atoms with E-state index in [2.05, 4.69) is 92.0 Å². The number of sulfonamides is 3. The van der Waals surface area contributed by atoms with E-state index >= 15 is 0 Å². The van der Waals surface area contributed by atoms with Crippen molar-refractivity contribution in [2.45, 2.75) is 169 Å². The number of aryl methyl sites for hydroxylation is 1. The van der Waals surface area contributed by atoms with E-state index in [1.807, 2.05) is 55.2 Å². The maximum absolute atomic E-state index is 14.6. The molecule has 3 atom stereocenters. The maximum atomic E-state index is 14.6. The van der Waals surface area contributed by atoms with Gasteiger partial charge in [0.25, 0.3) is 31.9 Å². The second kappa shape index (κ2) is 34.0. The molecule has 5 saturated heterocycles. The molecule has 1 saturated carbocycles. The average molecular weight is 1630 g/mol. The molecule has 612 valence electrons. The number of Topliss-reactive ketones (excluding diaryl/α,β-unsaturated/α-hetero) is 1. The van der Waals surface area contributed by atoms with E-state index in [9.17, 15) is 52.8 Å². The lowest BCUT2D eigenvalue weighted by atomic mass is 9.84. The number of carbonyl (C=O) groups is 3. The molecule has 6 fully saturated rings. The number of nitrogen functional groups attached to an aromatic ring is 2. The van der Waals surface area contributed by atoms with Gasteiger partial charge in [-0.25, -0.2) is 64.9 Å². The Kier molecular flexibility index (Phi) is 25.3. The Morgan fingerprint density at radius 2 is 1.03 bits per heavy atom. The van der Waals surface area contributed by atoms with Crippen molar-refractivity contribution in [2.75, 3.05) is 77.9 Å². The van der Waals surface area contributed by atoms with Gasteiger partial charge in [0.05, 0.1) is 47.0 Å². The molecule has 114 heavy (non-hydrogen) atoms. The topological polar surface area (TPSA) is 343 Å². The standard InChI is InChI=1S/C32H44FN3O4S.C26H35N7O4S.C24H25F2N5O3S/c1-21(2)19-40-27-13-25(12-26(33)14-27)29-11-10-28(31(34-29)36-16-22(3)15-32(36,4)5)30(37)20-41(38,39)35-17-23-6-7-24(18-35)9-8-23;1-16(2)15-37-22-12-18(4)33(30-22)21-10-9-19(23(29-21)32-14-17(3)13-26(32,5)6)24(34)31-38(35,36)25-20(27)8-7-11-28-25;1-14-12-24(2,3)31(13-14)22-18(7-8-19(28-22)15-9-16(25)11-17(26)10-15)23(32)30-35(33,34)21-6-4-5-20(27)29-21/h10-14,21-24H,6-9,15-20H2,1-5H3;7-12,16-17H,13-15,27H2,1-6H3,(H,31,34);4-11,14H,12-13H2,1-3H3,(H2,27,29)(H,30,32)/t22-,23?,24?;17-;14-/m000/s1. The van der Waals surface area contributed by atoms with Gasteiger partial charge in [-0.3, -0.25) is 14.4 Å². The summed E-state index contributed by atoms with van der Waals surface area (Å²) in [6.45, 7) is 32.7. The van der Waals surface area contributed by atoms with Crippen molar-refractivity contribution < 1.29 is 62.3 Å². The average Bonchev–Trinajstić information content (AvgIpc) is 1.54. The lowest BCUT2D eigenvalue weighted by Gasteiger charge is -2.34. The van der Waals surface area contributed by atoms with E-state index in [0.29, 0.717) is 121 Å². The SMILES string of the molecule is CC(C)COc1cc(F)cc(-c2ccc(C(=O)CS(=O)(=O)N3CC4CCC(CC4)C3)c(N3C[C@@H](C)CC3(C)C)n2)c1.C[C@@H]1CN(c2nc(-c3cc(F)cc(F)c3)ccc2C(=O)NS(=O)(=O)c2cccc(N)n2)C(C)(C)C1.Cc1cc(OCC(C)C)nn1-c1ccc(C(=O)NS(=O)(=O)c2ncccc2N)c(N2C[C@@H](C)CC2(C)C)n1. The molecule has 14 rings (SSSR count). The van der Waals surface area contributed by atoms with E-state index in [1.165, 1.54) is 60.8 Å². The molecule has 26 nitrogen and oxygen atoms in total. The number of nitrogens with zero attached hydrogens (tertiary/aromatic N) is 11. The van der Waals surface area contributed by atoms with Gasteiger partial charge in [0, 0.05) is 90.6 Å². The number of benzene rings is 2. The Labute approximate surface area is 666 Å². The van der Waals surface area contributed by atoms with Crippen LogP contribution in [-0.4, -0.2) is 150 Å². The van der Waals surface area contributed by atoms with Crippen molar-refractivity contribution in [3.8, 4) is 40.0 Å². The minimum absolute atomic E-state index is 0.000257. The Morgan fingerprint density at radius 3 is 1.53 bits per heavy atom. The van der Waals surface area contributed by atoms with Crippen LogP contribution in [0.2, 0.25) is 0 Å². The Bertz CT molecular complexity index is 5240. The number of hydrogen-bond donors (Lipinski definition) is 4. The largest absolute Gasteiger partial charge is 0.493 e. The van der Waals surface area contributed by atoms with Crippen molar-refractivity contribution in [1.82, 2.24) is 48.4 Å². The van der Waals surface area contributed by atoms with Crippen molar-refractivity contribution in [2.24, 2.45) is 41.4 Å². The van der Waals surface area contributed by atoms with E-state index in [1.54, 1.807) is 39.3 Å². The van der Waals surface area contributed by atoms with Crippen LogP contribution in [0.3, 0.4) is 0 Å². The van der Waals surface area contributed by atoms with Gasteiger partial charge in [0.2, 0.25) is 15.9 Å². The summed E-state index contributed by atoms with van der Waals surface area (Å²) in [4.78, 5) is 68.4. The highest BCUT2D eigenvalue weighted by Gasteiger charge is 2.44. The number of anilines is 5. The molecule has 6 N–H and O–H groups in total. The molecule has 0 unspecified atom stereocenters. The van der Waals surface area contributed by atoms with Crippen molar-refractivity contribution >= 4 is 76.6 Å². The summed E-state index contributed by atoms with van der Waals surface area (Å²) >= 11 is 0. The van der Waals surface area contributed by atoms with Crippen LogP contribution in [0.15, 0.2) is 125 Å². The van der Waals surface area contributed by atoms with Crippen LogP contribution in [-0.2, 0) is 30.1 Å². The van der Waals surface area contributed by atoms with Crippen molar-refractivity contribution in [3.63, 3.8) is 0 Å². The van der Waals surface area contributed by atoms with Crippen LogP contribution in [0.1, 0.15) is 172 Å². The zero-order chi connectivity index (χ0) is 82.9. The zero-order valence-electron chi connectivity index (χ0n) is 67.0. The molecule has 2 amide bonds. The Balaban J connectivity index is 0.000000169. The number of amides is 2. The number of nitrogens with two attached hydrogens (primary N) is 2. The van der Waals surface area contributed by atoms with E-state index in [0.717, 1.165) is 68.8 Å². The van der Waals surface area contributed by atoms with Crippen LogP contribution in [0, 0.1) is 65.8 Å². The van der Waals surface area contributed by atoms with Crippen LogP contribution in [0.5, 0.6) is 11.6 Å². The van der Waals surface area contributed by atoms with Gasteiger partial charge in [0.15, 0.2) is 21.7 Å². The van der Waals surface area contributed by atoms with E-state index in [4.69, 9.17) is 30.9 Å². The normalized spacial score (nSPS) is 19.9. The first-order chi connectivity index (χ1) is 53.4. The molecule has 11 heterocycles. The van der Waals surface area contributed by atoms with Gasteiger partial charge in [-0.1, -0.05) is 54.5 Å². The molecule has 2 bridgehead atoms. The molecule has 1 aliphatic carbocycles. The number of nitrogens with one attached hydrogen (secondary N) is 2. The van der Waals surface area contributed by atoms with Crippen LogP contribution < -0.4 is 45.1 Å². The number of fused-ring (bicyclic) bond motifs is 4. The highest BCUT2D eigenvalue weighted by atomic mass is 32.2. The number of aromatic nitrogens is 7. The predicted molar refractivity (Wildman–Crippen MR) is 433 cm³/mol. The molecular formula is C82H104F3N15O11S3. The lowest BCUT2D eigenvalue weighted by Crippen LogP contribution is -2.41. The second-order valence-electron chi connectivity index (χ2n) is 33.7. The molecule has 2 aromatic carbocycles. The van der Waals surface area contributed by atoms with Gasteiger partial charge >= 0.3 is 0 Å². The number of pyridine rings is 5. The summed E-state index contributed by atoms with van der Waals surface area (Å²) in [6, 6.07) is 25.8. The van der Waals surface area contributed by atoms with Gasteiger partial charge in [0.1, 0.15) is 52.2 Å². The Hall–Kier alpha value is -9.79. The van der Waals surface area contributed by atoms with Crippen LogP contribution in [0.4, 0.5) is 42.1 Å². The molecular weight excluding hydrogens is 1520 g/mol. The maximum Gasteiger partial charge on any atom is 0.283 e. The number of ketones is 1. The molecule has 5 aliphatic heterocycles. The van der Waals surface area contributed by atoms with Crippen LogP contribution in [0.25, 0.3) is 28.3 Å². The fraction of sp³-hybridized carbons (Fsp3) is 0.476. The monoisotopic (exact) mass is 1630 g/mol. The lowest BCUT2D eigenvalue weighted by molar-refractivity contribution is 0.0972. The third-order valence-electron chi connectivity index (χ3n) is 21.1. The predicted octanol–water partition coefficient (Wildman–Crippen LogP) is 13.3. The van der Waals surface area contributed by atoms with Crippen molar-refractivity contribution in [3.05, 3.63) is 155 Å². The van der Waals surface area contributed by atoms with Gasteiger partial charge < -0.3 is 35.6 Å². The third-order valence-corrected chi connectivity index (χ3v) is 25.3. The summed E-state index contributed by atoms with van der Waals surface area (Å²) in [7, 11) is -12.4. The quantitative estimate of drug-likeness (QED) is 0.0458. The fourth-order valence-corrected chi connectivity index (χ4v) is 19.6. The van der Waals surface area contributed by atoms with E-state index < -0.39 is 86.5 Å². The Morgan fingerprint density at radius 1 is 0.553 bits per heavy atom. The number of hydrogen-bond acceptors (Lipinski definition) is 22. The first-order valence-electron chi connectivity index (χ1n) is 38.5. The smallest absolute Gasteiger partial charge is 0.283 e. The van der Waals surface area contributed by atoms with Gasteiger partial charge in [-0.15, -0.1) is 5.10 Å². The number of rotatable bonds is 22.